The molecule has 0 spiro atoms. The first-order valence-corrected chi connectivity index (χ1v) is 6.94. The molecule has 5 heteroatoms. The molecule has 2 N–H and O–H groups in total. The van der Waals surface area contributed by atoms with Gasteiger partial charge in [-0.15, -0.1) is 11.3 Å². The summed E-state index contributed by atoms with van der Waals surface area (Å²) in [5.41, 5.74) is 7.47. The van der Waals surface area contributed by atoms with Crippen LogP contribution in [0.5, 0.6) is 5.75 Å². The Morgan fingerprint density at radius 2 is 2.17 bits per heavy atom. The predicted octanol–water partition coefficient (Wildman–Crippen LogP) is 3.92. The maximum Gasteiger partial charge on any atom is 0.123 e. The third kappa shape index (κ3) is 3.22. The van der Waals surface area contributed by atoms with E-state index in [-0.39, 0.29) is 0 Å². The van der Waals surface area contributed by atoms with Crippen LogP contribution in [-0.4, -0.2) is 4.99 Å². The van der Waals surface area contributed by atoms with Gasteiger partial charge in [0.25, 0.3) is 0 Å². The number of nitrogens with two attached hydrogens (primary N) is 1. The highest BCUT2D eigenvalue weighted by atomic mass is 35.5. The Balaban J connectivity index is 2.13. The minimum Gasteiger partial charge on any atom is -0.488 e. The normalized spacial score (nSPS) is 10.3. The summed E-state index contributed by atoms with van der Waals surface area (Å²) in [4.78, 5) is 1.46. The predicted molar refractivity (Wildman–Crippen MR) is 80.7 cm³/mol. The van der Waals surface area contributed by atoms with Crippen LogP contribution in [0.2, 0.25) is 4.34 Å². The number of aryl methyl sites for hydroxylation is 1. The molecule has 0 bridgehead atoms. The highest BCUT2D eigenvalue weighted by molar-refractivity contribution is 7.80. The molecule has 1 aromatic carbocycles. The lowest BCUT2D eigenvalue weighted by Crippen LogP contribution is -2.09. The summed E-state index contributed by atoms with van der Waals surface area (Å²) >= 11 is 12.3. The van der Waals surface area contributed by atoms with Gasteiger partial charge >= 0.3 is 0 Å². The molecule has 0 saturated carbocycles. The van der Waals surface area contributed by atoms with Gasteiger partial charge in [-0.25, -0.2) is 0 Å². The van der Waals surface area contributed by atoms with E-state index in [9.17, 15) is 0 Å². The zero-order valence-corrected chi connectivity index (χ0v) is 12.2. The SMILES string of the molecule is Cc1ccc(C(N)=S)cc1OCc1ccc(Cl)s1. The minimum absolute atomic E-state index is 0.374. The van der Waals surface area contributed by atoms with Crippen LogP contribution in [0, 0.1) is 6.92 Å². The van der Waals surface area contributed by atoms with E-state index in [1.54, 1.807) is 0 Å². The van der Waals surface area contributed by atoms with Gasteiger partial charge in [0, 0.05) is 10.4 Å². The topological polar surface area (TPSA) is 35.2 Å². The molecule has 0 unspecified atom stereocenters. The van der Waals surface area contributed by atoms with Crippen molar-refractivity contribution in [1.29, 1.82) is 0 Å². The molecule has 1 heterocycles. The fourth-order valence-electron chi connectivity index (χ4n) is 1.49. The molecule has 0 aliphatic heterocycles. The molecule has 2 rings (SSSR count). The third-order valence-corrected chi connectivity index (χ3v) is 3.91. The quantitative estimate of drug-likeness (QED) is 0.869. The van der Waals surface area contributed by atoms with Crippen molar-refractivity contribution < 1.29 is 4.74 Å². The lowest BCUT2D eigenvalue weighted by Gasteiger charge is -2.09. The Kier molecular flexibility index (Phi) is 4.22. The van der Waals surface area contributed by atoms with Crippen LogP contribution < -0.4 is 10.5 Å². The third-order valence-electron chi connectivity index (χ3n) is 2.47. The first-order chi connectivity index (χ1) is 8.56. The Hall–Kier alpha value is -1.10. The van der Waals surface area contributed by atoms with E-state index in [1.165, 1.54) is 11.3 Å². The summed E-state index contributed by atoms with van der Waals surface area (Å²) in [5, 5.41) is 0. The van der Waals surface area contributed by atoms with E-state index >= 15 is 0 Å². The minimum atomic E-state index is 0.374. The fraction of sp³-hybridized carbons (Fsp3) is 0.154. The van der Waals surface area contributed by atoms with Gasteiger partial charge in [-0.2, -0.15) is 0 Å². The number of ether oxygens (including phenoxy) is 1. The summed E-state index contributed by atoms with van der Waals surface area (Å²) in [6.45, 7) is 2.49. The second kappa shape index (κ2) is 5.69. The van der Waals surface area contributed by atoms with Gasteiger partial charge in [-0.1, -0.05) is 36.0 Å². The van der Waals surface area contributed by atoms with Crippen LogP contribution in [0.15, 0.2) is 30.3 Å². The second-order valence-electron chi connectivity index (χ2n) is 3.84. The second-order valence-corrected chi connectivity index (χ2v) is 6.08. The molecule has 0 saturated heterocycles. The highest BCUT2D eigenvalue weighted by Gasteiger charge is 2.05. The van der Waals surface area contributed by atoms with Gasteiger partial charge in [-0.05, 0) is 30.7 Å². The average molecular weight is 298 g/mol. The maximum absolute atomic E-state index is 5.87. The molecular weight excluding hydrogens is 286 g/mol. The molecule has 2 nitrogen and oxygen atoms in total. The van der Waals surface area contributed by atoms with Crippen molar-refractivity contribution >= 4 is 40.1 Å². The van der Waals surface area contributed by atoms with Crippen molar-refractivity contribution in [2.75, 3.05) is 0 Å². The van der Waals surface area contributed by atoms with Crippen molar-refractivity contribution in [1.82, 2.24) is 0 Å². The lowest BCUT2D eigenvalue weighted by molar-refractivity contribution is 0.307. The van der Waals surface area contributed by atoms with Crippen molar-refractivity contribution in [3.63, 3.8) is 0 Å². The maximum atomic E-state index is 5.87. The number of benzene rings is 1. The molecule has 0 fully saturated rings. The Morgan fingerprint density at radius 3 is 2.78 bits per heavy atom. The van der Waals surface area contributed by atoms with E-state index in [0.29, 0.717) is 11.6 Å². The van der Waals surface area contributed by atoms with Gasteiger partial charge < -0.3 is 10.5 Å². The van der Waals surface area contributed by atoms with E-state index in [0.717, 1.165) is 26.1 Å². The lowest BCUT2D eigenvalue weighted by atomic mass is 10.1. The zero-order chi connectivity index (χ0) is 13.1. The van der Waals surface area contributed by atoms with Crippen molar-refractivity contribution in [3.8, 4) is 5.75 Å². The van der Waals surface area contributed by atoms with Gasteiger partial charge in [0.1, 0.15) is 17.3 Å². The highest BCUT2D eigenvalue weighted by Crippen LogP contribution is 2.25. The largest absolute Gasteiger partial charge is 0.488 e. The Labute approximate surface area is 120 Å². The van der Waals surface area contributed by atoms with Gasteiger partial charge in [0.05, 0.1) is 4.34 Å². The van der Waals surface area contributed by atoms with Crippen molar-refractivity contribution in [2.45, 2.75) is 13.5 Å². The van der Waals surface area contributed by atoms with Crippen LogP contribution in [-0.2, 0) is 6.61 Å². The molecule has 0 aliphatic carbocycles. The molecule has 0 radical (unpaired) electrons. The molecule has 18 heavy (non-hydrogen) atoms. The first kappa shape index (κ1) is 13.3. The van der Waals surface area contributed by atoms with Crippen LogP contribution in [0.3, 0.4) is 0 Å². The number of rotatable bonds is 4. The molecule has 2 aromatic rings. The zero-order valence-electron chi connectivity index (χ0n) is 9.77. The summed E-state index contributed by atoms with van der Waals surface area (Å²) in [7, 11) is 0. The monoisotopic (exact) mass is 297 g/mol. The van der Waals surface area contributed by atoms with E-state index in [1.807, 2.05) is 37.3 Å². The smallest absolute Gasteiger partial charge is 0.123 e. The number of halogens is 1. The van der Waals surface area contributed by atoms with Crippen molar-refractivity contribution in [3.05, 3.63) is 50.7 Å². The number of hydrogen-bond donors (Lipinski definition) is 1. The van der Waals surface area contributed by atoms with Gasteiger partial charge in [0.15, 0.2) is 0 Å². The standard InChI is InChI=1S/C13H12ClNOS2/c1-8-2-3-9(13(15)17)6-11(8)16-7-10-4-5-12(14)18-10/h2-6H,7H2,1H3,(H2,15,17). The van der Waals surface area contributed by atoms with Crippen molar-refractivity contribution in [2.24, 2.45) is 5.73 Å². The number of thiophene rings is 1. The molecule has 0 amide bonds. The molecule has 0 aliphatic rings. The Morgan fingerprint density at radius 1 is 1.39 bits per heavy atom. The fourth-order valence-corrected chi connectivity index (χ4v) is 2.61. The van der Waals surface area contributed by atoms with Crippen LogP contribution >= 0.6 is 35.2 Å². The van der Waals surface area contributed by atoms with Gasteiger partial charge in [-0.3, -0.25) is 0 Å². The summed E-state index contributed by atoms with van der Waals surface area (Å²) < 4.78 is 6.53. The first-order valence-electron chi connectivity index (χ1n) is 5.34. The van der Waals surface area contributed by atoms with E-state index in [4.69, 9.17) is 34.3 Å². The summed E-state index contributed by atoms with van der Waals surface area (Å²) in [6.07, 6.45) is 0. The van der Waals surface area contributed by atoms with Gasteiger partial charge in [0.2, 0.25) is 0 Å². The Bertz CT molecular complexity index is 580. The van der Waals surface area contributed by atoms with Crippen LogP contribution in [0.1, 0.15) is 16.0 Å². The molecule has 94 valence electrons. The molecule has 1 aromatic heterocycles. The molecular formula is C13H12ClNOS2. The van der Waals surface area contributed by atoms with Crippen LogP contribution in [0.25, 0.3) is 0 Å². The van der Waals surface area contributed by atoms with E-state index < -0.39 is 0 Å². The van der Waals surface area contributed by atoms with E-state index in [2.05, 4.69) is 0 Å². The number of thiocarbonyl (C=S) groups is 1. The van der Waals surface area contributed by atoms with Crippen LogP contribution in [0.4, 0.5) is 0 Å². The average Bonchev–Trinajstić information content (AvgIpc) is 2.74. The summed E-state index contributed by atoms with van der Waals surface area (Å²) in [5.74, 6) is 0.796. The summed E-state index contributed by atoms with van der Waals surface area (Å²) in [6, 6.07) is 9.54. The molecule has 0 atom stereocenters. The number of hydrogen-bond acceptors (Lipinski definition) is 3.